The van der Waals surface area contributed by atoms with Crippen molar-refractivity contribution in [1.82, 2.24) is 0 Å². The minimum absolute atomic E-state index is 0.0198. The lowest BCUT2D eigenvalue weighted by Crippen LogP contribution is -2.39. The van der Waals surface area contributed by atoms with Crippen molar-refractivity contribution in [2.45, 2.75) is 43.8 Å². The lowest BCUT2D eigenvalue weighted by molar-refractivity contribution is -0.163. The molecule has 1 aliphatic carbocycles. The monoisotopic (exact) mass is 286 g/mol. The number of hydrogen-bond donors (Lipinski definition) is 1. The largest absolute Gasteiger partial charge is 0.465 e. The third kappa shape index (κ3) is 3.88. The Balaban J connectivity index is 2.50. The van der Waals surface area contributed by atoms with Crippen molar-refractivity contribution >= 4 is 16.1 Å². The van der Waals surface area contributed by atoms with Gasteiger partial charge in [-0.3, -0.25) is 4.55 Å². The average Bonchev–Trinajstić information content (AvgIpc) is 2.52. The normalized spacial score (nSPS) is 19.3. The fourth-order valence-corrected chi connectivity index (χ4v) is 2.18. The third-order valence-corrected chi connectivity index (χ3v) is 3.80. The van der Waals surface area contributed by atoms with Gasteiger partial charge in [-0.2, -0.15) is 17.2 Å². The summed E-state index contributed by atoms with van der Waals surface area (Å²) in [7, 11) is -5.77. The summed E-state index contributed by atoms with van der Waals surface area (Å²) in [5.41, 5.74) is 0. The second-order valence-corrected chi connectivity index (χ2v) is 5.91. The van der Waals surface area contributed by atoms with Crippen molar-refractivity contribution in [3.8, 4) is 0 Å². The van der Waals surface area contributed by atoms with Crippen LogP contribution in [0.3, 0.4) is 0 Å². The Morgan fingerprint density at radius 1 is 1.22 bits per heavy atom. The molecule has 0 aromatic heterocycles. The van der Waals surface area contributed by atoms with Crippen LogP contribution >= 0.6 is 0 Å². The van der Waals surface area contributed by atoms with E-state index in [1.165, 1.54) is 0 Å². The summed E-state index contributed by atoms with van der Waals surface area (Å²) in [5, 5.41) is -4.89. The molecule has 1 saturated carbocycles. The Morgan fingerprint density at radius 3 is 2.17 bits per heavy atom. The Morgan fingerprint density at radius 2 is 1.72 bits per heavy atom. The molecule has 106 valence electrons. The lowest BCUT2D eigenvalue weighted by Gasteiger charge is -2.16. The SMILES string of the molecule is O=C(OCC1CCCCCC1)C(F)(F)S(=O)(=O)O. The van der Waals surface area contributed by atoms with E-state index >= 15 is 0 Å². The third-order valence-electron chi connectivity index (χ3n) is 2.99. The van der Waals surface area contributed by atoms with Gasteiger partial charge in [-0.1, -0.05) is 25.7 Å². The van der Waals surface area contributed by atoms with E-state index in [4.69, 9.17) is 4.55 Å². The maximum Gasteiger partial charge on any atom is 0.465 e. The Labute approximate surface area is 104 Å². The average molecular weight is 286 g/mol. The van der Waals surface area contributed by atoms with Crippen molar-refractivity contribution in [2.75, 3.05) is 6.61 Å². The molecule has 1 N–H and O–H groups in total. The first-order valence-electron chi connectivity index (χ1n) is 5.77. The maximum absolute atomic E-state index is 12.8. The maximum atomic E-state index is 12.8. The predicted molar refractivity (Wildman–Crippen MR) is 58.6 cm³/mol. The highest BCUT2D eigenvalue weighted by Gasteiger charge is 2.54. The number of carbonyl (C=O) groups excluding carboxylic acids is 1. The van der Waals surface area contributed by atoms with E-state index in [2.05, 4.69) is 4.74 Å². The molecular formula is C10H16F2O5S. The molecule has 5 nitrogen and oxygen atoms in total. The van der Waals surface area contributed by atoms with Crippen LogP contribution in [-0.2, 0) is 19.6 Å². The molecule has 1 fully saturated rings. The molecule has 18 heavy (non-hydrogen) atoms. The summed E-state index contributed by atoms with van der Waals surface area (Å²) in [6.45, 7) is -0.232. The first-order valence-corrected chi connectivity index (χ1v) is 7.21. The zero-order valence-electron chi connectivity index (χ0n) is 9.77. The summed E-state index contributed by atoms with van der Waals surface area (Å²) in [6.07, 6.45) is 5.54. The van der Waals surface area contributed by atoms with Crippen molar-refractivity contribution in [1.29, 1.82) is 0 Å². The second kappa shape index (κ2) is 5.92. The van der Waals surface area contributed by atoms with Gasteiger partial charge in [0.25, 0.3) is 0 Å². The molecule has 0 heterocycles. The lowest BCUT2D eigenvalue weighted by atomic mass is 10.0. The zero-order valence-corrected chi connectivity index (χ0v) is 10.6. The van der Waals surface area contributed by atoms with E-state index < -0.39 is 21.3 Å². The standard InChI is InChI=1S/C10H16F2O5S/c11-10(12,18(14,15)16)9(13)17-7-8-5-3-1-2-4-6-8/h8H,1-7H2,(H,14,15,16). The molecule has 0 amide bonds. The molecule has 0 radical (unpaired) electrons. The molecule has 0 saturated heterocycles. The zero-order chi connectivity index (χ0) is 13.8. The molecule has 8 heteroatoms. The summed E-state index contributed by atoms with van der Waals surface area (Å²) < 4.78 is 58.8. The number of ether oxygens (including phenoxy) is 1. The highest BCUT2D eigenvalue weighted by atomic mass is 32.2. The van der Waals surface area contributed by atoms with Crippen molar-refractivity contribution in [3.05, 3.63) is 0 Å². The van der Waals surface area contributed by atoms with Gasteiger partial charge in [-0.05, 0) is 18.8 Å². The van der Waals surface area contributed by atoms with Crippen LogP contribution in [0.5, 0.6) is 0 Å². The summed E-state index contributed by atoms with van der Waals surface area (Å²) in [4.78, 5) is 10.9. The van der Waals surface area contributed by atoms with Gasteiger partial charge < -0.3 is 4.74 Å². The summed E-state index contributed by atoms with van der Waals surface area (Å²) >= 11 is 0. The molecule has 0 bridgehead atoms. The van der Waals surface area contributed by atoms with E-state index in [9.17, 15) is 22.0 Å². The van der Waals surface area contributed by atoms with E-state index in [-0.39, 0.29) is 12.5 Å². The molecule has 0 aliphatic heterocycles. The van der Waals surface area contributed by atoms with E-state index in [1.807, 2.05) is 0 Å². The van der Waals surface area contributed by atoms with Gasteiger partial charge in [0.05, 0.1) is 6.61 Å². The van der Waals surface area contributed by atoms with Gasteiger partial charge in [0.2, 0.25) is 0 Å². The quantitative estimate of drug-likeness (QED) is 0.485. The molecule has 0 atom stereocenters. The predicted octanol–water partition coefficient (Wildman–Crippen LogP) is 1.98. The van der Waals surface area contributed by atoms with Gasteiger partial charge in [0.15, 0.2) is 0 Å². The fourth-order valence-electron chi connectivity index (χ4n) is 1.91. The second-order valence-electron chi connectivity index (χ2n) is 4.45. The highest BCUT2D eigenvalue weighted by molar-refractivity contribution is 7.87. The summed E-state index contributed by atoms with van der Waals surface area (Å²) in [5.74, 6) is -2.23. The van der Waals surface area contributed by atoms with Crippen LogP contribution in [0, 0.1) is 5.92 Å². The van der Waals surface area contributed by atoms with Crippen LogP contribution in [0.2, 0.25) is 0 Å². The topological polar surface area (TPSA) is 80.7 Å². The molecule has 0 aromatic carbocycles. The number of halogens is 2. The number of esters is 1. The number of hydrogen-bond acceptors (Lipinski definition) is 4. The van der Waals surface area contributed by atoms with Crippen molar-refractivity contribution in [2.24, 2.45) is 5.92 Å². The minimum atomic E-state index is -5.77. The molecule has 1 rings (SSSR count). The molecule has 0 spiro atoms. The molecule has 0 unspecified atom stereocenters. The van der Waals surface area contributed by atoms with Crippen LogP contribution in [0.15, 0.2) is 0 Å². The summed E-state index contributed by atoms with van der Waals surface area (Å²) in [6, 6.07) is 0. The van der Waals surface area contributed by atoms with Crippen LogP contribution in [0.25, 0.3) is 0 Å². The van der Waals surface area contributed by atoms with E-state index in [0.717, 1.165) is 38.5 Å². The van der Waals surface area contributed by atoms with Gasteiger partial charge in [0.1, 0.15) is 0 Å². The minimum Gasteiger partial charge on any atom is -0.460 e. The van der Waals surface area contributed by atoms with Crippen LogP contribution in [-0.4, -0.2) is 30.8 Å². The highest BCUT2D eigenvalue weighted by Crippen LogP contribution is 2.26. The fraction of sp³-hybridized carbons (Fsp3) is 0.900. The van der Waals surface area contributed by atoms with E-state index in [1.54, 1.807) is 0 Å². The van der Waals surface area contributed by atoms with Crippen LogP contribution in [0.1, 0.15) is 38.5 Å². The molecule has 0 aromatic rings. The van der Waals surface area contributed by atoms with Gasteiger partial charge in [-0.25, -0.2) is 4.79 Å². The Kier molecular flexibility index (Phi) is 5.03. The first-order chi connectivity index (χ1) is 8.25. The Hall–Kier alpha value is -0.760. The smallest absolute Gasteiger partial charge is 0.460 e. The van der Waals surface area contributed by atoms with Gasteiger partial charge >= 0.3 is 21.3 Å². The van der Waals surface area contributed by atoms with Gasteiger partial charge in [-0.15, -0.1) is 0 Å². The van der Waals surface area contributed by atoms with Crippen molar-refractivity contribution in [3.63, 3.8) is 0 Å². The van der Waals surface area contributed by atoms with Gasteiger partial charge in [0, 0.05) is 0 Å². The Bertz CT molecular complexity index is 385. The number of carbonyl (C=O) groups is 1. The molecular weight excluding hydrogens is 270 g/mol. The number of alkyl halides is 2. The van der Waals surface area contributed by atoms with Crippen LogP contribution < -0.4 is 0 Å². The van der Waals surface area contributed by atoms with E-state index in [0.29, 0.717) is 0 Å². The molecule has 1 aliphatic rings. The van der Waals surface area contributed by atoms with Crippen molar-refractivity contribution < 1.29 is 31.3 Å². The van der Waals surface area contributed by atoms with Crippen LogP contribution in [0.4, 0.5) is 8.78 Å². The first kappa shape index (κ1) is 15.3. The number of rotatable bonds is 4.